The third kappa shape index (κ3) is 10.6. The van der Waals surface area contributed by atoms with Gasteiger partial charge in [-0.3, -0.25) is 4.90 Å². The van der Waals surface area contributed by atoms with Crippen LogP contribution in [0.2, 0.25) is 10.0 Å². The topological polar surface area (TPSA) is 128 Å². The molecule has 4 rings (SSSR count). The molecule has 1 aliphatic rings. The highest BCUT2D eigenvalue weighted by Crippen LogP contribution is 2.31. The number of rotatable bonds is 11. The van der Waals surface area contributed by atoms with Crippen LogP contribution in [0.25, 0.3) is 0 Å². The van der Waals surface area contributed by atoms with Gasteiger partial charge in [0.05, 0.1) is 10.0 Å². The first-order chi connectivity index (χ1) is 20.4. The van der Waals surface area contributed by atoms with Crippen molar-refractivity contribution in [2.45, 2.75) is 37.4 Å². The molecule has 0 aromatic heterocycles. The number of halogens is 4. The van der Waals surface area contributed by atoms with Gasteiger partial charge in [-0.05, 0) is 73.0 Å². The van der Waals surface area contributed by atoms with E-state index in [0.29, 0.717) is 15.8 Å². The summed E-state index contributed by atoms with van der Waals surface area (Å²) >= 11 is 12.0. The molecule has 0 radical (unpaired) electrons. The molecule has 0 amide bonds. The van der Waals surface area contributed by atoms with Crippen LogP contribution in [0.4, 0.5) is 8.78 Å². The van der Waals surface area contributed by atoms with Crippen LogP contribution in [0.3, 0.4) is 0 Å². The summed E-state index contributed by atoms with van der Waals surface area (Å²) in [5, 5.41) is 33.5. The summed E-state index contributed by atoms with van der Waals surface area (Å²) in [5.41, 5.74) is 2.08. The smallest absolute Gasteiger partial charge is 0.335 e. The van der Waals surface area contributed by atoms with Crippen molar-refractivity contribution >= 4 is 35.1 Å². The highest BCUT2D eigenvalue weighted by Gasteiger charge is 2.29. The largest absolute Gasteiger partial charge is 0.479 e. The number of aliphatic carboxylic acids is 2. The minimum absolute atomic E-state index is 0.0973. The molecule has 0 aliphatic carbocycles. The summed E-state index contributed by atoms with van der Waals surface area (Å²) in [6.45, 7) is 2.66. The first-order valence-electron chi connectivity index (χ1n) is 13.3. The zero-order chi connectivity index (χ0) is 31.5. The van der Waals surface area contributed by atoms with E-state index in [0.717, 1.165) is 55.8 Å². The van der Waals surface area contributed by atoms with Gasteiger partial charge in [0, 0.05) is 31.5 Å². The Kier molecular flexibility index (Phi) is 12.9. The molecule has 0 bridgehead atoms. The van der Waals surface area contributed by atoms with Gasteiger partial charge in [0.25, 0.3) is 0 Å². The fourth-order valence-corrected chi connectivity index (χ4v) is 4.67. The lowest BCUT2D eigenvalue weighted by molar-refractivity contribution is -0.165. The van der Waals surface area contributed by atoms with E-state index in [1.165, 1.54) is 24.3 Å². The maximum Gasteiger partial charge on any atom is 0.335 e. The Bertz CT molecular complexity index is 1340. The molecule has 8 nitrogen and oxygen atoms in total. The third-order valence-corrected chi connectivity index (χ3v) is 7.45. The van der Waals surface area contributed by atoms with Gasteiger partial charge in [0.2, 0.25) is 0 Å². The van der Waals surface area contributed by atoms with E-state index >= 15 is 0 Å². The average Bonchev–Trinajstić information content (AvgIpc) is 2.99. The number of carboxylic acids is 2. The Labute approximate surface area is 257 Å². The van der Waals surface area contributed by atoms with E-state index in [1.807, 2.05) is 30.3 Å². The van der Waals surface area contributed by atoms with E-state index in [4.69, 9.17) is 48.4 Å². The predicted molar refractivity (Wildman–Crippen MR) is 157 cm³/mol. The molecule has 2 atom stereocenters. The fraction of sp³-hybridized carbons (Fsp3) is 0.290. The van der Waals surface area contributed by atoms with Gasteiger partial charge in [-0.1, -0.05) is 47.5 Å². The zero-order valence-corrected chi connectivity index (χ0v) is 24.4. The number of carboxylic acid groups (broad SMARTS) is 2. The Hall–Kier alpha value is -3.54. The molecule has 3 aromatic rings. The van der Waals surface area contributed by atoms with Crippen LogP contribution in [0, 0.1) is 11.6 Å². The Balaban J connectivity index is 0.000000436. The number of aliphatic hydroxyl groups is 2. The van der Waals surface area contributed by atoms with Gasteiger partial charge in [0.15, 0.2) is 12.2 Å². The summed E-state index contributed by atoms with van der Waals surface area (Å²) < 4.78 is 32.8. The van der Waals surface area contributed by atoms with Crippen molar-refractivity contribution in [2.75, 3.05) is 19.6 Å². The van der Waals surface area contributed by atoms with Gasteiger partial charge in [-0.25, -0.2) is 18.4 Å². The molecule has 0 spiro atoms. The molecule has 43 heavy (non-hydrogen) atoms. The SMILES string of the molecule is Fc1ccc(C(CCCN2CC=C(Oc3ccc(Cl)c(Cl)c3)CC2)c2ccc(F)cc2)cc1.O=C(O)C(O)C(O)C(=O)O. The van der Waals surface area contributed by atoms with Crippen LogP contribution in [0.15, 0.2) is 78.6 Å². The summed E-state index contributed by atoms with van der Waals surface area (Å²) in [4.78, 5) is 21.9. The maximum atomic E-state index is 13.4. The predicted octanol–water partition coefficient (Wildman–Crippen LogP) is 5.73. The standard InChI is InChI=1S/C27H25Cl2F2NO.C4H6O6/c28-26-12-11-24(18-27(26)29)33-23-13-16-32(17-14-23)15-1-2-25(19-3-7-21(30)8-4-19)20-5-9-22(31)10-6-20;5-1(3(7)8)2(6)4(9)10/h3-13,18,25H,1-2,14-17H2;1-2,5-6H,(H,7,8)(H,9,10). The van der Waals surface area contributed by atoms with Crippen LogP contribution >= 0.6 is 23.2 Å². The zero-order valence-electron chi connectivity index (χ0n) is 22.9. The van der Waals surface area contributed by atoms with Gasteiger partial charge in [-0.15, -0.1) is 0 Å². The second-order valence-electron chi connectivity index (χ2n) is 9.76. The Morgan fingerprint density at radius 2 is 1.37 bits per heavy atom. The first-order valence-corrected chi connectivity index (χ1v) is 14.1. The van der Waals surface area contributed by atoms with E-state index in [9.17, 15) is 18.4 Å². The van der Waals surface area contributed by atoms with E-state index < -0.39 is 24.1 Å². The monoisotopic (exact) mass is 637 g/mol. The van der Waals surface area contributed by atoms with E-state index in [1.54, 1.807) is 12.1 Å². The molecule has 0 fully saturated rings. The molecular formula is C31H31Cl2F2NO7. The van der Waals surface area contributed by atoms with E-state index in [2.05, 4.69) is 11.0 Å². The lowest BCUT2D eigenvalue weighted by Gasteiger charge is -2.27. The third-order valence-electron chi connectivity index (χ3n) is 6.71. The van der Waals surface area contributed by atoms with Crippen LogP contribution in [-0.4, -0.2) is 69.1 Å². The van der Waals surface area contributed by atoms with E-state index in [-0.39, 0.29) is 17.6 Å². The highest BCUT2D eigenvalue weighted by molar-refractivity contribution is 6.42. The number of carbonyl (C=O) groups is 2. The average molecular weight is 638 g/mol. The molecular weight excluding hydrogens is 607 g/mol. The van der Waals surface area contributed by atoms with Gasteiger partial charge >= 0.3 is 11.9 Å². The van der Waals surface area contributed by atoms with Crippen LogP contribution in [-0.2, 0) is 9.59 Å². The molecule has 3 aromatic carbocycles. The molecule has 1 heterocycles. The summed E-state index contributed by atoms with van der Waals surface area (Å²) in [6.07, 6.45) is 0.249. The van der Waals surface area contributed by atoms with Crippen LogP contribution in [0.5, 0.6) is 5.75 Å². The molecule has 230 valence electrons. The quantitative estimate of drug-likeness (QED) is 0.210. The normalized spacial score (nSPS) is 14.7. The molecule has 4 N–H and O–H groups in total. The Morgan fingerprint density at radius 1 is 0.837 bits per heavy atom. The number of benzene rings is 3. The molecule has 0 saturated carbocycles. The molecule has 1 aliphatic heterocycles. The fourth-order valence-electron chi connectivity index (χ4n) is 4.39. The second-order valence-corrected chi connectivity index (χ2v) is 10.6. The number of nitrogens with zero attached hydrogens (tertiary/aromatic N) is 1. The van der Waals surface area contributed by atoms with Crippen molar-refractivity contribution in [1.82, 2.24) is 4.90 Å². The van der Waals surface area contributed by atoms with Crippen molar-refractivity contribution < 1.29 is 43.5 Å². The minimum atomic E-state index is -2.27. The second kappa shape index (κ2) is 16.3. The number of hydrogen-bond acceptors (Lipinski definition) is 6. The lowest BCUT2D eigenvalue weighted by atomic mass is 9.87. The maximum absolute atomic E-state index is 13.4. The Morgan fingerprint density at radius 3 is 1.81 bits per heavy atom. The van der Waals surface area contributed by atoms with Crippen molar-refractivity contribution in [3.63, 3.8) is 0 Å². The van der Waals surface area contributed by atoms with Crippen molar-refractivity contribution in [3.8, 4) is 5.75 Å². The van der Waals surface area contributed by atoms with Gasteiger partial charge in [-0.2, -0.15) is 0 Å². The molecule has 2 unspecified atom stereocenters. The summed E-state index contributed by atoms with van der Waals surface area (Å²) in [5.74, 6) is -2.33. The lowest BCUT2D eigenvalue weighted by Crippen LogP contribution is -2.39. The van der Waals surface area contributed by atoms with Gasteiger partial charge in [0.1, 0.15) is 23.1 Å². The number of ether oxygens (including phenoxy) is 1. The van der Waals surface area contributed by atoms with Crippen molar-refractivity contribution in [1.29, 1.82) is 0 Å². The van der Waals surface area contributed by atoms with Crippen LogP contribution in [0.1, 0.15) is 36.3 Å². The van der Waals surface area contributed by atoms with Crippen molar-refractivity contribution in [3.05, 3.63) is 111 Å². The molecule has 0 saturated heterocycles. The van der Waals surface area contributed by atoms with Crippen LogP contribution < -0.4 is 4.74 Å². The summed E-state index contributed by atoms with van der Waals surface area (Å²) in [6, 6.07) is 18.5. The number of hydrogen-bond donors (Lipinski definition) is 4. The van der Waals surface area contributed by atoms with Gasteiger partial charge < -0.3 is 25.2 Å². The van der Waals surface area contributed by atoms with Crippen molar-refractivity contribution in [2.24, 2.45) is 0 Å². The first kappa shape index (κ1) is 34.0. The number of aliphatic hydroxyl groups excluding tert-OH is 2. The summed E-state index contributed by atoms with van der Waals surface area (Å²) in [7, 11) is 0. The molecule has 12 heteroatoms. The minimum Gasteiger partial charge on any atom is -0.479 e. The highest BCUT2D eigenvalue weighted by atomic mass is 35.5.